The number of hydrogen-bond donors (Lipinski definition) is 4. The number of fused-ring (bicyclic) bond motifs is 3. The van der Waals surface area contributed by atoms with Gasteiger partial charge in [-0.1, -0.05) is 11.6 Å². The molecule has 0 saturated heterocycles. The average molecular weight is 448 g/mol. The highest BCUT2D eigenvalue weighted by Gasteiger charge is 2.53. The van der Waals surface area contributed by atoms with Gasteiger partial charge in [0.25, 0.3) is 11.8 Å². The van der Waals surface area contributed by atoms with Crippen LogP contribution in [0.3, 0.4) is 0 Å². The second-order valence-corrected chi connectivity index (χ2v) is 8.71. The zero-order valence-electron chi connectivity index (χ0n) is 17.0. The summed E-state index contributed by atoms with van der Waals surface area (Å²) in [6, 6.07) is 3.87. The number of aromatic amines is 1. The minimum absolute atomic E-state index is 0.0554. The van der Waals surface area contributed by atoms with E-state index < -0.39 is 28.6 Å². The van der Waals surface area contributed by atoms with Crippen molar-refractivity contribution in [3.63, 3.8) is 0 Å². The summed E-state index contributed by atoms with van der Waals surface area (Å²) in [5, 5.41) is 8.54. The minimum atomic E-state index is -0.538. The number of nitrogens with one attached hydrogen (secondary N) is 4. The first-order valence-corrected chi connectivity index (χ1v) is 10.5. The molecule has 3 amide bonds. The lowest BCUT2D eigenvalue weighted by Crippen LogP contribution is -2.59. The Morgan fingerprint density at radius 1 is 1.10 bits per heavy atom. The molecule has 3 saturated carbocycles. The van der Waals surface area contributed by atoms with Crippen molar-refractivity contribution < 1.29 is 18.8 Å². The first-order valence-electron chi connectivity index (χ1n) is 10.1. The van der Waals surface area contributed by atoms with E-state index in [2.05, 4.69) is 25.9 Å². The second-order valence-electron chi connectivity index (χ2n) is 8.30. The van der Waals surface area contributed by atoms with Crippen molar-refractivity contribution in [2.75, 3.05) is 12.4 Å². The van der Waals surface area contributed by atoms with Gasteiger partial charge in [0.1, 0.15) is 11.5 Å². The van der Waals surface area contributed by atoms with Gasteiger partial charge in [-0.2, -0.15) is 0 Å². The lowest BCUT2D eigenvalue weighted by atomic mass is 9.57. The predicted octanol–water partition coefficient (Wildman–Crippen LogP) is 3.02. The molecule has 4 N–H and O–H groups in total. The fourth-order valence-electron chi connectivity index (χ4n) is 4.62. The Kier molecular flexibility index (Phi) is 5.47. The standard InChI is InChI=1S/C21H23ClFN5O3/c1-24-17(29)15-16(26-11-25-15)18(30)28-21-7-4-20(5-8-21,6-9-21)19(31)27-14-3-2-12(23)10-13(14)22/h2-3,10-11H,4-9H2,1H3,(H,24,29)(H,25,26)(H,27,31)(H,28,30). The lowest BCUT2D eigenvalue weighted by Gasteiger charge is -2.52. The topological polar surface area (TPSA) is 116 Å². The number of imidazole rings is 1. The molecule has 10 heteroatoms. The molecule has 8 nitrogen and oxygen atoms in total. The summed E-state index contributed by atoms with van der Waals surface area (Å²) in [5.74, 6) is -1.41. The van der Waals surface area contributed by atoms with Gasteiger partial charge >= 0.3 is 0 Å². The highest BCUT2D eigenvalue weighted by Crippen LogP contribution is 2.53. The average Bonchev–Trinajstić information content (AvgIpc) is 3.26. The summed E-state index contributed by atoms with van der Waals surface area (Å²) in [4.78, 5) is 44.5. The maximum absolute atomic E-state index is 13.3. The van der Waals surface area contributed by atoms with Crippen molar-refractivity contribution in [2.24, 2.45) is 5.41 Å². The zero-order valence-corrected chi connectivity index (χ0v) is 17.7. The van der Waals surface area contributed by atoms with Crippen LogP contribution in [0, 0.1) is 11.2 Å². The van der Waals surface area contributed by atoms with Crippen molar-refractivity contribution >= 4 is 35.0 Å². The highest BCUT2D eigenvalue weighted by molar-refractivity contribution is 6.33. The quantitative estimate of drug-likeness (QED) is 0.563. The van der Waals surface area contributed by atoms with Crippen LogP contribution >= 0.6 is 11.6 Å². The number of hydrogen-bond acceptors (Lipinski definition) is 4. The molecule has 164 valence electrons. The number of carbonyl (C=O) groups excluding carboxylic acids is 3. The second kappa shape index (κ2) is 7.96. The molecule has 0 unspecified atom stereocenters. The molecule has 2 aromatic rings. The number of benzene rings is 1. The van der Waals surface area contributed by atoms with E-state index in [1.807, 2.05) is 0 Å². The summed E-state index contributed by atoms with van der Waals surface area (Å²) < 4.78 is 13.3. The Balaban J connectivity index is 1.43. The smallest absolute Gasteiger partial charge is 0.272 e. The molecule has 0 radical (unpaired) electrons. The Morgan fingerprint density at radius 2 is 1.77 bits per heavy atom. The number of H-pyrrole nitrogens is 1. The monoisotopic (exact) mass is 447 g/mol. The van der Waals surface area contributed by atoms with Gasteiger partial charge < -0.3 is 20.9 Å². The number of anilines is 1. The fraction of sp³-hybridized carbons (Fsp3) is 0.429. The van der Waals surface area contributed by atoms with Crippen LogP contribution < -0.4 is 16.0 Å². The van der Waals surface area contributed by atoms with Crippen LogP contribution in [0.15, 0.2) is 24.5 Å². The number of aromatic nitrogens is 2. The molecule has 2 bridgehead atoms. The van der Waals surface area contributed by atoms with Crippen LogP contribution in [0.4, 0.5) is 10.1 Å². The van der Waals surface area contributed by atoms with Crippen LogP contribution in [0.2, 0.25) is 5.02 Å². The number of nitrogens with zero attached hydrogens (tertiary/aromatic N) is 1. The third-order valence-corrected chi connectivity index (χ3v) is 6.91. The Labute approximate surface area is 183 Å². The van der Waals surface area contributed by atoms with E-state index >= 15 is 0 Å². The molecular weight excluding hydrogens is 425 g/mol. The van der Waals surface area contributed by atoms with Crippen molar-refractivity contribution in [3.05, 3.63) is 46.8 Å². The molecule has 1 aromatic carbocycles. The Morgan fingerprint density at radius 3 is 2.39 bits per heavy atom. The zero-order chi connectivity index (χ0) is 22.2. The van der Waals surface area contributed by atoms with E-state index in [9.17, 15) is 18.8 Å². The van der Waals surface area contributed by atoms with E-state index in [1.165, 1.54) is 31.6 Å². The van der Waals surface area contributed by atoms with Crippen LogP contribution in [0.5, 0.6) is 0 Å². The first-order chi connectivity index (χ1) is 14.8. The van der Waals surface area contributed by atoms with Gasteiger partial charge in [0.15, 0.2) is 5.69 Å². The largest absolute Gasteiger partial charge is 0.354 e. The van der Waals surface area contributed by atoms with Crippen molar-refractivity contribution in [1.29, 1.82) is 0 Å². The Hall–Kier alpha value is -2.94. The number of rotatable bonds is 5. The van der Waals surface area contributed by atoms with Crippen LogP contribution in [-0.4, -0.2) is 40.3 Å². The van der Waals surface area contributed by atoms with E-state index in [-0.39, 0.29) is 22.3 Å². The summed E-state index contributed by atoms with van der Waals surface area (Å²) in [6.07, 6.45) is 5.08. The normalized spacial score (nSPS) is 24.5. The van der Waals surface area contributed by atoms with E-state index in [1.54, 1.807) is 0 Å². The minimum Gasteiger partial charge on any atom is -0.354 e. The van der Waals surface area contributed by atoms with E-state index in [4.69, 9.17) is 11.6 Å². The third kappa shape index (κ3) is 3.89. The number of carbonyl (C=O) groups is 3. The van der Waals surface area contributed by atoms with Crippen molar-refractivity contribution in [3.8, 4) is 0 Å². The highest BCUT2D eigenvalue weighted by atomic mass is 35.5. The molecule has 1 aromatic heterocycles. The van der Waals surface area contributed by atoms with Gasteiger partial charge in [0.05, 0.1) is 17.0 Å². The molecule has 0 atom stereocenters. The maximum atomic E-state index is 13.3. The summed E-state index contributed by atoms with van der Waals surface area (Å²) in [6.45, 7) is 0. The van der Waals surface area contributed by atoms with Gasteiger partial charge in [0.2, 0.25) is 5.91 Å². The molecule has 3 fully saturated rings. The van der Waals surface area contributed by atoms with Gasteiger partial charge in [-0.15, -0.1) is 0 Å². The summed E-state index contributed by atoms with van der Waals surface area (Å²) in [5.41, 5.74) is -0.402. The van der Waals surface area contributed by atoms with Gasteiger partial charge in [-0.3, -0.25) is 14.4 Å². The van der Waals surface area contributed by atoms with Crippen molar-refractivity contribution in [1.82, 2.24) is 20.6 Å². The lowest BCUT2D eigenvalue weighted by molar-refractivity contribution is -0.132. The molecule has 3 aliphatic rings. The molecule has 0 aliphatic heterocycles. The van der Waals surface area contributed by atoms with Crippen LogP contribution in [0.1, 0.15) is 59.5 Å². The van der Waals surface area contributed by atoms with Gasteiger partial charge in [0, 0.05) is 18.0 Å². The summed E-state index contributed by atoms with van der Waals surface area (Å²) in [7, 11) is 1.48. The third-order valence-electron chi connectivity index (χ3n) is 6.59. The fourth-order valence-corrected chi connectivity index (χ4v) is 4.84. The molecular formula is C21H23ClFN5O3. The van der Waals surface area contributed by atoms with Crippen LogP contribution in [0.25, 0.3) is 0 Å². The number of amides is 3. The van der Waals surface area contributed by atoms with E-state index in [0.717, 1.165) is 0 Å². The molecule has 1 heterocycles. The van der Waals surface area contributed by atoms with Crippen molar-refractivity contribution in [2.45, 2.75) is 44.1 Å². The molecule has 0 spiro atoms. The summed E-state index contributed by atoms with van der Waals surface area (Å²) >= 11 is 6.05. The van der Waals surface area contributed by atoms with Gasteiger partial charge in [-0.05, 0) is 56.7 Å². The predicted molar refractivity (Wildman–Crippen MR) is 112 cm³/mol. The maximum Gasteiger partial charge on any atom is 0.272 e. The number of halogens is 2. The molecule has 3 aliphatic carbocycles. The van der Waals surface area contributed by atoms with E-state index in [0.29, 0.717) is 44.2 Å². The first kappa shape index (κ1) is 21.3. The SMILES string of the molecule is CNC(=O)c1[nH]cnc1C(=O)NC12CCC(C(=O)Nc3ccc(F)cc3Cl)(CC1)CC2. The molecule has 31 heavy (non-hydrogen) atoms. The van der Waals surface area contributed by atoms with Gasteiger partial charge in [-0.25, -0.2) is 9.37 Å². The molecule has 5 rings (SSSR count). The Bertz CT molecular complexity index is 1030. The van der Waals surface area contributed by atoms with Crippen LogP contribution in [-0.2, 0) is 4.79 Å².